The third-order valence-electron chi connectivity index (χ3n) is 5.24. The van der Waals surface area contributed by atoms with Crippen LogP contribution in [0.4, 0.5) is 0 Å². The average Bonchev–Trinajstić information content (AvgIpc) is 3.37. The molecule has 8 heteroatoms. The van der Waals surface area contributed by atoms with Crippen LogP contribution in [0.25, 0.3) is 0 Å². The van der Waals surface area contributed by atoms with E-state index in [9.17, 15) is 13.2 Å². The van der Waals surface area contributed by atoms with Gasteiger partial charge in [-0.1, -0.05) is 18.2 Å². The maximum atomic E-state index is 12.6. The minimum absolute atomic E-state index is 0.0131. The van der Waals surface area contributed by atoms with Crippen LogP contribution in [0, 0.1) is 0 Å². The zero-order valence-corrected chi connectivity index (χ0v) is 16.6. The fourth-order valence-electron chi connectivity index (χ4n) is 3.60. The molecule has 7 nitrogen and oxygen atoms in total. The van der Waals surface area contributed by atoms with Crippen LogP contribution in [0.3, 0.4) is 0 Å². The second kappa shape index (κ2) is 7.44. The van der Waals surface area contributed by atoms with Crippen molar-refractivity contribution in [1.29, 1.82) is 0 Å². The Kier molecular flexibility index (Phi) is 4.99. The van der Waals surface area contributed by atoms with E-state index >= 15 is 0 Å². The first-order valence-corrected chi connectivity index (χ1v) is 10.9. The fourth-order valence-corrected chi connectivity index (χ4v) is 5.12. The summed E-state index contributed by atoms with van der Waals surface area (Å²) in [6.07, 6.45) is 9.49. The predicted octanol–water partition coefficient (Wildman–Crippen LogP) is 1.63. The lowest BCUT2D eigenvalue weighted by molar-refractivity contribution is -0.118. The van der Waals surface area contributed by atoms with Gasteiger partial charge in [0.1, 0.15) is 11.9 Å². The molecular formula is C20H24N4O3S. The molecule has 0 saturated carbocycles. The van der Waals surface area contributed by atoms with Gasteiger partial charge in [-0.05, 0) is 49.1 Å². The molecule has 1 aromatic rings. The molecule has 0 aromatic heterocycles. The van der Waals surface area contributed by atoms with Crippen LogP contribution >= 0.6 is 0 Å². The molecule has 2 N–H and O–H groups in total. The van der Waals surface area contributed by atoms with Crippen molar-refractivity contribution >= 4 is 15.9 Å². The van der Waals surface area contributed by atoms with Crippen LogP contribution in [0.15, 0.2) is 65.0 Å². The first-order chi connectivity index (χ1) is 13.4. The van der Waals surface area contributed by atoms with Gasteiger partial charge in [0.2, 0.25) is 10.0 Å². The summed E-state index contributed by atoms with van der Waals surface area (Å²) in [4.78, 5) is 14.7. The molecule has 0 bridgehead atoms. The average molecular weight is 401 g/mol. The number of benzene rings is 1. The van der Waals surface area contributed by atoms with Gasteiger partial charge in [0.05, 0.1) is 4.90 Å². The topological polar surface area (TPSA) is 81.8 Å². The van der Waals surface area contributed by atoms with E-state index < -0.39 is 10.0 Å². The minimum Gasteiger partial charge on any atom is -0.356 e. The van der Waals surface area contributed by atoms with Gasteiger partial charge in [-0.2, -0.15) is 4.31 Å². The SMILES string of the molecule is CC1=CC=CN2C=C(C(=O)NCc3ccc(S(=O)(=O)N4CCCC4)cc3)NC12. The lowest BCUT2D eigenvalue weighted by Gasteiger charge is -2.25. The number of allylic oxidation sites excluding steroid dienone is 2. The van der Waals surface area contributed by atoms with Gasteiger partial charge in [-0.15, -0.1) is 0 Å². The minimum atomic E-state index is -3.41. The van der Waals surface area contributed by atoms with Crippen LogP contribution in [0.1, 0.15) is 25.3 Å². The smallest absolute Gasteiger partial charge is 0.269 e. The van der Waals surface area contributed by atoms with Gasteiger partial charge in [0.25, 0.3) is 5.91 Å². The van der Waals surface area contributed by atoms with Crippen LogP contribution in [-0.2, 0) is 21.4 Å². The molecule has 1 amide bonds. The summed E-state index contributed by atoms with van der Waals surface area (Å²) in [5.74, 6) is -0.190. The highest BCUT2D eigenvalue weighted by molar-refractivity contribution is 7.89. The molecule has 3 aliphatic heterocycles. The second-order valence-corrected chi connectivity index (χ2v) is 9.16. The van der Waals surface area contributed by atoms with Crippen molar-refractivity contribution in [2.45, 2.75) is 37.4 Å². The van der Waals surface area contributed by atoms with E-state index in [1.54, 1.807) is 30.5 Å². The van der Waals surface area contributed by atoms with Crippen molar-refractivity contribution in [3.8, 4) is 0 Å². The number of carbonyl (C=O) groups is 1. The lowest BCUT2D eigenvalue weighted by Crippen LogP contribution is -2.38. The number of carbonyl (C=O) groups excluding carboxylic acids is 1. The molecule has 1 aromatic carbocycles. The summed E-state index contributed by atoms with van der Waals surface area (Å²) >= 11 is 0. The molecule has 0 spiro atoms. The largest absolute Gasteiger partial charge is 0.356 e. The number of nitrogens with one attached hydrogen (secondary N) is 2. The van der Waals surface area contributed by atoms with E-state index in [1.807, 2.05) is 30.2 Å². The number of sulfonamides is 1. The molecule has 1 unspecified atom stereocenters. The Morgan fingerprint density at radius 3 is 2.61 bits per heavy atom. The molecule has 1 atom stereocenters. The molecule has 4 rings (SSSR count). The molecule has 0 aliphatic carbocycles. The number of nitrogens with zero attached hydrogens (tertiary/aromatic N) is 2. The van der Waals surface area contributed by atoms with Crippen LogP contribution in [0.5, 0.6) is 0 Å². The van der Waals surface area contributed by atoms with Crippen LogP contribution in [-0.4, -0.2) is 42.8 Å². The van der Waals surface area contributed by atoms with Gasteiger partial charge in [-0.25, -0.2) is 8.42 Å². The second-order valence-electron chi connectivity index (χ2n) is 7.23. The summed E-state index contributed by atoms with van der Waals surface area (Å²) < 4.78 is 26.7. The lowest BCUT2D eigenvalue weighted by atomic mass is 10.1. The van der Waals surface area contributed by atoms with Gasteiger partial charge in [0, 0.05) is 32.0 Å². The highest BCUT2D eigenvalue weighted by atomic mass is 32.2. The molecule has 28 heavy (non-hydrogen) atoms. The van der Waals surface area contributed by atoms with Gasteiger partial charge >= 0.3 is 0 Å². The highest BCUT2D eigenvalue weighted by Crippen LogP contribution is 2.22. The van der Waals surface area contributed by atoms with Gasteiger partial charge in [0.15, 0.2) is 0 Å². The normalized spacial score (nSPS) is 21.8. The summed E-state index contributed by atoms with van der Waals surface area (Å²) in [5.41, 5.74) is 2.50. The summed E-state index contributed by atoms with van der Waals surface area (Å²) in [6, 6.07) is 6.72. The number of rotatable bonds is 5. The maximum absolute atomic E-state index is 12.6. The molecule has 1 saturated heterocycles. The fraction of sp³-hybridized carbons (Fsp3) is 0.350. The van der Waals surface area contributed by atoms with Crippen molar-refractivity contribution < 1.29 is 13.2 Å². The van der Waals surface area contributed by atoms with E-state index in [0.29, 0.717) is 30.2 Å². The quantitative estimate of drug-likeness (QED) is 0.785. The first-order valence-electron chi connectivity index (χ1n) is 9.43. The van der Waals surface area contributed by atoms with Crippen molar-refractivity contribution in [2.24, 2.45) is 0 Å². The van der Waals surface area contributed by atoms with Crippen LogP contribution in [0.2, 0.25) is 0 Å². The predicted molar refractivity (Wildman–Crippen MR) is 106 cm³/mol. The number of fused-ring (bicyclic) bond motifs is 1. The zero-order valence-electron chi connectivity index (χ0n) is 15.8. The number of hydrogen-bond donors (Lipinski definition) is 2. The van der Waals surface area contributed by atoms with Crippen molar-refractivity contribution in [3.05, 3.63) is 65.7 Å². The molecule has 1 fully saturated rings. The van der Waals surface area contributed by atoms with E-state index in [1.165, 1.54) is 4.31 Å². The third kappa shape index (κ3) is 3.57. The summed E-state index contributed by atoms with van der Waals surface area (Å²) in [7, 11) is -3.41. The van der Waals surface area contributed by atoms with E-state index in [2.05, 4.69) is 10.6 Å². The Labute approximate surface area is 165 Å². The summed E-state index contributed by atoms with van der Waals surface area (Å²) in [6.45, 7) is 3.52. The highest BCUT2D eigenvalue weighted by Gasteiger charge is 2.28. The molecule has 3 heterocycles. The third-order valence-corrected chi connectivity index (χ3v) is 7.15. The molecule has 0 radical (unpaired) electrons. The maximum Gasteiger partial charge on any atom is 0.269 e. The Balaban J connectivity index is 1.36. The van der Waals surface area contributed by atoms with Gasteiger partial charge in [-0.3, -0.25) is 4.79 Å². The van der Waals surface area contributed by atoms with Crippen molar-refractivity contribution in [2.75, 3.05) is 13.1 Å². The van der Waals surface area contributed by atoms with E-state index in [-0.39, 0.29) is 12.1 Å². The molecular weight excluding hydrogens is 376 g/mol. The molecule has 3 aliphatic rings. The van der Waals surface area contributed by atoms with Crippen molar-refractivity contribution in [1.82, 2.24) is 19.8 Å². The van der Waals surface area contributed by atoms with E-state index in [0.717, 1.165) is 24.0 Å². The Morgan fingerprint density at radius 1 is 1.21 bits per heavy atom. The van der Waals surface area contributed by atoms with Crippen LogP contribution < -0.4 is 10.6 Å². The standard InChI is InChI=1S/C20H24N4O3S/c1-15-5-4-10-23-14-18(22-19(15)23)20(25)21-13-16-6-8-17(9-7-16)28(26,27)24-11-2-3-12-24/h4-10,14,19,22H,2-3,11-13H2,1H3,(H,21,25). The monoisotopic (exact) mass is 400 g/mol. The zero-order chi connectivity index (χ0) is 19.7. The Bertz CT molecular complexity index is 958. The molecule has 148 valence electrons. The number of amides is 1. The Hall–Kier alpha value is -2.58. The number of hydrogen-bond acceptors (Lipinski definition) is 5. The first kappa shape index (κ1) is 18.8. The summed E-state index contributed by atoms with van der Waals surface area (Å²) in [5, 5.41) is 6.09. The van der Waals surface area contributed by atoms with Gasteiger partial charge < -0.3 is 15.5 Å². The van der Waals surface area contributed by atoms with E-state index in [4.69, 9.17) is 0 Å². The Morgan fingerprint density at radius 2 is 1.93 bits per heavy atom. The van der Waals surface area contributed by atoms with Crippen molar-refractivity contribution in [3.63, 3.8) is 0 Å².